The Morgan fingerprint density at radius 1 is 1.38 bits per heavy atom. The van der Waals surface area contributed by atoms with E-state index in [1.807, 2.05) is 27.7 Å². The fraction of sp³-hybridized carbons (Fsp3) is 0.636. The average Bonchev–Trinajstić information content (AvgIpc) is 2.21. The standard InChI is InChI=1S/C11H18ClN3O/c1-5-16-7(2)6-13-11-8(3)10(12)14-9(4)15-11/h7H,5-6H2,1-4H3,(H,13,14,15). The van der Waals surface area contributed by atoms with Gasteiger partial charge in [0.2, 0.25) is 0 Å². The summed E-state index contributed by atoms with van der Waals surface area (Å²) in [6, 6.07) is 0. The molecule has 1 aromatic heterocycles. The molecule has 90 valence electrons. The topological polar surface area (TPSA) is 47.0 Å². The second kappa shape index (κ2) is 6.01. The fourth-order valence-electron chi connectivity index (χ4n) is 1.35. The Bertz CT molecular complexity index is 357. The number of rotatable bonds is 5. The van der Waals surface area contributed by atoms with Gasteiger partial charge in [0.05, 0.1) is 6.10 Å². The number of hydrogen-bond donors (Lipinski definition) is 1. The maximum absolute atomic E-state index is 5.97. The van der Waals surface area contributed by atoms with Gasteiger partial charge >= 0.3 is 0 Å². The molecule has 0 aliphatic rings. The Balaban J connectivity index is 2.66. The molecule has 0 amide bonds. The first-order chi connectivity index (χ1) is 7.54. The van der Waals surface area contributed by atoms with Crippen molar-refractivity contribution in [1.29, 1.82) is 0 Å². The SMILES string of the molecule is CCOC(C)CNc1nc(C)nc(Cl)c1C. The van der Waals surface area contributed by atoms with Gasteiger partial charge in [0.1, 0.15) is 16.8 Å². The van der Waals surface area contributed by atoms with Gasteiger partial charge in [0.15, 0.2) is 0 Å². The van der Waals surface area contributed by atoms with Crippen LogP contribution in [0, 0.1) is 13.8 Å². The van der Waals surface area contributed by atoms with E-state index in [1.54, 1.807) is 0 Å². The summed E-state index contributed by atoms with van der Waals surface area (Å²) in [5, 5.41) is 3.72. The Morgan fingerprint density at radius 3 is 2.69 bits per heavy atom. The van der Waals surface area contributed by atoms with Crippen LogP contribution in [0.2, 0.25) is 5.15 Å². The number of halogens is 1. The highest BCUT2D eigenvalue weighted by Crippen LogP contribution is 2.19. The van der Waals surface area contributed by atoms with E-state index < -0.39 is 0 Å². The third-order valence-corrected chi connectivity index (χ3v) is 2.57. The summed E-state index contributed by atoms with van der Waals surface area (Å²) in [5.74, 6) is 1.45. The first kappa shape index (κ1) is 13.2. The minimum absolute atomic E-state index is 0.151. The van der Waals surface area contributed by atoms with Crippen molar-refractivity contribution in [1.82, 2.24) is 9.97 Å². The molecule has 0 bridgehead atoms. The maximum Gasteiger partial charge on any atom is 0.137 e. The van der Waals surface area contributed by atoms with E-state index in [1.165, 1.54) is 0 Å². The minimum Gasteiger partial charge on any atom is -0.377 e. The number of aryl methyl sites for hydroxylation is 1. The zero-order valence-electron chi connectivity index (χ0n) is 10.2. The lowest BCUT2D eigenvalue weighted by molar-refractivity contribution is 0.0854. The molecule has 0 radical (unpaired) electrons. The molecule has 0 spiro atoms. The van der Waals surface area contributed by atoms with Gasteiger partial charge in [-0.05, 0) is 27.7 Å². The van der Waals surface area contributed by atoms with Gasteiger partial charge < -0.3 is 10.1 Å². The lowest BCUT2D eigenvalue weighted by Crippen LogP contribution is -2.21. The van der Waals surface area contributed by atoms with Gasteiger partial charge in [-0.1, -0.05) is 11.6 Å². The molecule has 0 fully saturated rings. The minimum atomic E-state index is 0.151. The van der Waals surface area contributed by atoms with Crippen LogP contribution in [0.4, 0.5) is 5.82 Å². The molecule has 1 heterocycles. The molecule has 4 nitrogen and oxygen atoms in total. The first-order valence-corrected chi connectivity index (χ1v) is 5.78. The smallest absolute Gasteiger partial charge is 0.137 e. The Morgan fingerprint density at radius 2 is 2.06 bits per heavy atom. The van der Waals surface area contributed by atoms with Crippen molar-refractivity contribution in [3.05, 3.63) is 16.5 Å². The number of nitrogens with zero attached hydrogens (tertiary/aromatic N) is 2. The van der Waals surface area contributed by atoms with Crippen LogP contribution in [0.25, 0.3) is 0 Å². The van der Waals surface area contributed by atoms with Crippen LogP contribution in [0.1, 0.15) is 25.2 Å². The monoisotopic (exact) mass is 243 g/mol. The van der Waals surface area contributed by atoms with Gasteiger partial charge in [-0.3, -0.25) is 0 Å². The fourth-order valence-corrected chi connectivity index (χ4v) is 1.56. The summed E-state index contributed by atoms with van der Waals surface area (Å²) in [7, 11) is 0. The average molecular weight is 244 g/mol. The summed E-state index contributed by atoms with van der Waals surface area (Å²) < 4.78 is 5.43. The van der Waals surface area contributed by atoms with Gasteiger partial charge in [-0.25, -0.2) is 9.97 Å². The van der Waals surface area contributed by atoms with E-state index in [9.17, 15) is 0 Å². The van der Waals surface area contributed by atoms with E-state index in [0.717, 1.165) is 11.4 Å². The van der Waals surface area contributed by atoms with Crippen LogP contribution in [-0.4, -0.2) is 29.2 Å². The second-order valence-electron chi connectivity index (χ2n) is 3.68. The zero-order chi connectivity index (χ0) is 12.1. The molecule has 1 N–H and O–H groups in total. The summed E-state index contributed by atoms with van der Waals surface area (Å²) in [4.78, 5) is 8.38. The van der Waals surface area contributed by atoms with Crippen molar-refractivity contribution in [2.75, 3.05) is 18.5 Å². The number of hydrogen-bond acceptors (Lipinski definition) is 4. The molecule has 0 aliphatic carbocycles. The van der Waals surface area contributed by atoms with E-state index in [-0.39, 0.29) is 6.10 Å². The zero-order valence-corrected chi connectivity index (χ0v) is 10.9. The molecule has 5 heteroatoms. The van der Waals surface area contributed by atoms with Crippen LogP contribution < -0.4 is 5.32 Å². The predicted molar refractivity (Wildman–Crippen MR) is 66.1 cm³/mol. The molecule has 0 aromatic carbocycles. The highest BCUT2D eigenvalue weighted by molar-refractivity contribution is 6.30. The van der Waals surface area contributed by atoms with Crippen molar-refractivity contribution < 1.29 is 4.74 Å². The molecule has 1 unspecified atom stereocenters. The molecular weight excluding hydrogens is 226 g/mol. The molecule has 0 aliphatic heterocycles. The summed E-state index contributed by atoms with van der Waals surface area (Å²) >= 11 is 5.97. The van der Waals surface area contributed by atoms with Crippen LogP contribution in [0.15, 0.2) is 0 Å². The Kier molecular flexibility index (Phi) is 4.96. The number of ether oxygens (including phenoxy) is 1. The van der Waals surface area contributed by atoms with E-state index in [2.05, 4.69) is 15.3 Å². The van der Waals surface area contributed by atoms with Crippen molar-refractivity contribution in [2.45, 2.75) is 33.8 Å². The number of nitrogens with one attached hydrogen (secondary N) is 1. The highest BCUT2D eigenvalue weighted by Gasteiger charge is 2.08. The molecule has 1 atom stereocenters. The molecule has 1 rings (SSSR count). The lowest BCUT2D eigenvalue weighted by atomic mass is 10.3. The summed E-state index contributed by atoms with van der Waals surface area (Å²) in [6.45, 7) is 9.14. The van der Waals surface area contributed by atoms with Crippen LogP contribution in [-0.2, 0) is 4.74 Å². The quantitative estimate of drug-likeness (QED) is 0.808. The van der Waals surface area contributed by atoms with Gasteiger partial charge in [-0.2, -0.15) is 0 Å². The predicted octanol–water partition coefficient (Wildman–Crippen LogP) is 2.58. The normalized spacial score (nSPS) is 12.6. The van der Waals surface area contributed by atoms with Gasteiger partial charge in [-0.15, -0.1) is 0 Å². The van der Waals surface area contributed by atoms with Crippen LogP contribution in [0.5, 0.6) is 0 Å². The molecule has 0 saturated heterocycles. The van der Waals surface area contributed by atoms with Crippen molar-refractivity contribution >= 4 is 17.4 Å². The summed E-state index contributed by atoms with van der Waals surface area (Å²) in [6.07, 6.45) is 0.151. The van der Waals surface area contributed by atoms with Gasteiger partial charge in [0, 0.05) is 18.7 Å². The highest BCUT2D eigenvalue weighted by atomic mass is 35.5. The van der Waals surface area contributed by atoms with Crippen molar-refractivity contribution in [3.8, 4) is 0 Å². The summed E-state index contributed by atoms with van der Waals surface area (Å²) in [5.41, 5.74) is 0.871. The first-order valence-electron chi connectivity index (χ1n) is 5.40. The Labute approximate surface area is 101 Å². The number of anilines is 1. The number of aromatic nitrogens is 2. The van der Waals surface area contributed by atoms with E-state index >= 15 is 0 Å². The van der Waals surface area contributed by atoms with Crippen LogP contribution >= 0.6 is 11.6 Å². The van der Waals surface area contributed by atoms with Crippen molar-refractivity contribution in [3.63, 3.8) is 0 Å². The lowest BCUT2D eigenvalue weighted by Gasteiger charge is -2.14. The molecular formula is C11H18ClN3O. The van der Waals surface area contributed by atoms with E-state index in [4.69, 9.17) is 16.3 Å². The molecule has 0 saturated carbocycles. The van der Waals surface area contributed by atoms with Crippen molar-refractivity contribution in [2.24, 2.45) is 0 Å². The molecule has 1 aromatic rings. The third kappa shape index (κ3) is 3.61. The Hall–Kier alpha value is -0.870. The largest absolute Gasteiger partial charge is 0.377 e. The van der Waals surface area contributed by atoms with Gasteiger partial charge in [0.25, 0.3) is 0 Å². The van der Waals surface area contributed by atoms with E-state index in [0.29, 0.717) is 24.1 Å². The van der Waals surface area contributed by atoms with Crippen LogP contribution in [0.3, 0.4) is 0 Å². The second-order valence-corrected chi connectivity index (χ2v) is 4.04. The maximum atomic E-state index is 5.97. The third-order valence-electron chi connectivity index (χ3n) is 2.21. The molecule has 16 heavy (non-hydrogen) atoms.